The average molecular weight is 241 g/mol. The second-order valence-corrected chi connectivity index (χ2v) is 4.49. The lowest BCUT2D eigenvalue weighted by Crippen LogP contribution is -2.20. The van der Waals surface area contributed by atoms with E-state index in [0.717, 1.165) is 12.1 Å². The van der Waals surface area contributed by atoms with Crippen LogP contribution in [0.2, 0.25) is 0 Å². The minimum absolute atomic E-state index is 0.433. The number of amides is 1. The van der Waals surface area contributed by atoms with E-state index < -0.39 is 5.37 Å². The zero-order valence-corrected chi connectivity index (χ0v) is 10.7. The number of hydrogen-bond donors (Lipinski definition) is 0. The molecular formula is C12H17ClN2O. The number of rotatable bonds is 4. The van der Waals surface area contributed by atoms with Crippen molar-refractivity contribution in [2.24, 2.45) is 0 Å². The van der Waals surface area contributed by atoms with Crippen LogP contribution in [0.25, 0.3) is 0 Å². The average Bonchev–Trinajstić information content (AvgIpc) is 2.20. The fourth-order valence-corrected chi connectivity index (χ4v) is 1.51. The maximum absolute atomic E-state index is 10.8. The van der Waals surface area contributed by atoms with Gasteiger partial charge in [-0.05, 0) is 36.8 Å². The van der Waals surface area contributed by atoms with Crippen LogP contribution >= 0.6 is 11.6 Å². The van der Waals surface area contributed by atoms with E-state index in [1.807, 2.05) is 26.2 Å². The Labute approximate surface area is 102 Å². The molecule has 0 spiro atoms. The molecule has 3 nitrogen and oxygen atoms in total. The van der Waals surface area contributed by atoms with Gasteiger partial charge < -0.3 is 9.80 Å². The zero-order chi connectivity index (χ0) is 12.1. The molecule has 0 atom stereocenters. The van der Waals surface area contributed by atoms with Gasteiger partial charge in [-0.3, -0.25) is 4.79 Å². The first-order valence-corrected chi connectivity index (χ1v) is 5.50. The highest BCUT2D eigenvalue weighted by Crippen LogP contribution is 2.09. The van der Waals surface area contributed by atoms with Gasteiger partial charge in [-0.1, -0.05) is 24.3 Å². The molecule has 0 fully saturated rings. The lowest BCUT2D eigenvalue weighted by atomic mass is 10.1. The van der Waals surface area contributed by atoms with Crippen LogP contribution in [-0.4, -0.2) is 36.3 Å². The summed E-state index contributed by atoms with van der Waals surface area (Å²) in [5.74, 6) is 0. The summed E-state index contributed by atoms with van der Waals surface area (Å²) >= 11 is 5.36. The second kappa shape index (κ2) is 5.87. The monoisotopic (exact) mass is 240 g/mol. The number of benzene rings is 1. The van der Waals surface area contributed by atoms with Crippen LogP contribution in [0.4, 0.5) is 4.79 Å². The van der Waals surface area contributed by atoms with E-state index in [1.54, 1.807) is 7.05 Å². The van der Waals surface area contributed by atoms with Gasteiger partial charge in [0.1, 0.15) is 0 Å². The third-order valence-electron chi connectivity index (χ3n) is 2.24. The van der Waals surface area contributed by atoms with Crippen LogP contribution in [0.1, 0.15) is 11.1 Å². The van der Waals surface area contributed by atoms with Crippen molar-refractivity contribution < 1.29 is 4.79 Å². The first-order chi connectivity index (χ1) is 7.49. The Morgan fingerprint density at radius 3 is 1.88 bits per heavy atom. The second-order valence-electron chi connectivity index (χ2n) is 4.16. The zero-order valence-electron chi connectivity index (χ0n) is 9.90. The van der Waals surface area contributed by atoms with Crippen molar-refractivity contribution in [3.05, 3.63) is 35.4 Å². The molecule has 0 saturated heterocycles. The number of nitrogens with zero attached hydrogens (tertiary/aromatic N) is 2. The molecule has 1 aromatic rings. The first kappa shape index (κ1) is 13.0. The molecule has 0 bridgehead atoms. The standard InChI is InChI=1S/C12H17ClN2O/c1-14(2)8-10-4-6-11(7-5-10)9-15(3)12(13)16/h4-7H,8-9H2,1-3H3. The molecule has 1 amide bonds. The van der Waals surface area contributed by atoms with Gasteiger partial charge >= 0.3 is 5.37 Å². The predicted octanol–water partition coefficient (Wildman–Crippen LogP) is 2.54. The Morgan fingerprint density at radius 2 is 1.50 bits per heavy atom. The number of halogens is 1. The number of carbonyl (C=O) groups is 1. The summed E-state index contributed by atoms with van der Waals surface area (Å²) in [5, 5.41) is -0.433. The summed E-state index contributed by atoms with van der Waals surface area (Å²) in [5.41, 5.74) is 2.34. The molecule has 0 aliphatic rings. The van der Waals surface area contributed by atoms with E-state index in [2.05, 4.69) is 17.0 Å². The lowest BCUT2D eigenvalue weighted by molar-refractivity contribution is 0.230. The van der Waals surface area contributed by atoms with Crippen molar-refractivity contribution in [3.8, 4) is 0 Å². The SMILES string of the molecule is CN(C)Cc1ccc(CN(C)C(=O)Cl)cc1. The van der Waals surface area contributed by atoms with Crippen LogP contribution in [0, 0.1) is 0 Å². The Balaban J connectivity index is 2.61. The molecule has 88 valence electrons. The highest BCUT2D eigenvalue weighted by molar-refractivity contribution is 6.62. The summed E-state index contributed by atoms with van der Waals surface area (Å²) < 4.78 is 0. The Hall–Kier alpha value is -1.06. The molecule has 0 heterocycles. The number of hydrogen-bond acceptors (Lipinski definition) is 2. The molecule has 1 aromatic carbocycles. The summed E-state index contributed by atoms with van der Waals surface area (Å²) in [6.07, 6.45) is 0. The lowest BCUT2D eigenvalue weighted by Gasteiger charge is -2.14. The van der Waals surface area contributed by atoms with Gasteiger partial charge in [0.05, 0.1) is 0 Å². The van der Waals surface area contributed by atoms with Gasteiger partial charge in [-0.15, -0.1) is 0 Å². The fourth-order valence-electron chi connectivity index (χ4n) is 1.45. The van der Waals surface area contributed by atoms with Gasteiger partial charge in [0.25, 0.3) is 0 Å². The van der Waals surface area contributed by atoms with Crippen molar-refractivity contribution in [2.45, 2.75) is 13.1 Å². The van der Waals surface area contributed by atoms with Crippen molar-refractivity contribution in [3.63, 3.8) is 0 Å². The van der Waals surface area contributed by atoms with E-state index in [1.165, 1.54) is 10.5 Å². The molecule has 1 rings (SSSR count). The maximum Gasteiger partial charge on any atom is 0.316 e. The van der Waals surface area contributed by atoms with E-state index in [9.17, 15) is 4.79 Å². The van der Waals surface area contributed by atoms with Gasteiger partial charge in [0.15, 0.2) is 0 Å². The van der Waals surface area contributed by atoms with Gasteiger partial charge in [-0.25, -0.2) is 0 Å². The van der Waals surface area contributed by atoms with Crippen molar-refractivity contribution in [1.29, 1.82) is 0 Å². The van der Waals surface area contributed by atoms with Crippen molar-refractivity contribution in [1.82, 2.24) is 9.80 Å². The molecule has 0 unspecified atom stereocenters. The van der Waals surface area contributed by atoms with Crippen LogP contribution in [0.15, 0.2) is 24.3 Å². The van der Waals surface area contributed by atoms with Crippen molar-refractivity contribution in [2.75, 3.05) is 21.1 Å². The third kappa shape index (κ3) is 4.21. The normalized spacial score (nSPS) is 10.6. The minimum atomic E-state index is -0.433. The minimum Gasteiger partial charge on any atom is -0.328 e. The predicted molar refractivity (Wildman–Crippen MR) is 66.5 cm³/mol. The fraction of sp³-hybridized carbons (Fsp3) is 0.417. The molecule has 0 saturated carbocycles. The molecule has 0 aliphatic carbocycles. The molecule has 16 heavy (non-hydrogen) atoms. The van der Waals surface area contributed by atoms with Crippen LogP contribution in [0.5, 0.6) is 0 Å². The molecule has 0 N–H and O–H groups in total. The van der Waals surface area contributed by atoms with E-state index >= 15 is 0 Å². The van der Waals surface area contributed by atoms with Crippen molar-refractivity contribution >= 4 is 17.0 Å². The first-order valence-electron chi connectivity index (χ1n) is 5.12. The van der Waals surface area contributed by atoms with E-state index in [-0.39, 0.29) is 0 Å². The Bertz CT molecular complexity index is 349. The molecule has 0 aliphatic heterocycles. The Kier molecular flexibility index (Phi) is 4.77. The molecule has 0 aromatic heterocycles. The highest BCUT2D eigenvalue weighted by Gasteiger charge is 2.05. The Morgan fingerprint density at radius 1 is 1.06 bits per heavy atom. The summed E-state index contributed by atoms with van der Waals surface area (Å²) in [6.45, 7) is 1.47. The van der Waals surface area contributed by atoms with Gasteiger partial charge in [0.2, 0.25) is 0 Å². The largest absolute Gasteiger partial charge is 0.328 e. The maximum atomic E-state index is 10.8. The van der Waals surface area contributed by atoms with E-state index in [0.29, 0.717) is 6.54 Å². The molecular weight excluding hydrogens is 224 g/mol. The summed E-state index contributed by atoms with van der Waals surface area (Å²) in [4.78, 5) is 14.4. The third-order valence-corrected chi connectivity index (χ3v) is 2.53. The molecule has 4 heteroatoms. The number of carbonyl (C=O) groups excluding carboxylic acids is 1. The summed E-state index contributed by atoms with van der Waals surface area (Å²) in [7, 11) is 5.75. The van der Waals surface area contributed by atoms with Crippen LogP contribution in [0.3, 0.4) is 0 Å². The molecule has 0 radical (unpaired) electrons. The van der Waals surface area contributed by atoms with Gasteiger partial charge in [-0.2, -0.15) is 0 Å². The topological polar surface area (TPSA) is 23.6 Å². The van der Waals surface area contributed by atoms with E-state index in [4.69, 9.17) is 11.6 Å². The van der Waals surface area contributed by atoms with Crippen LogP contribution in [-0.2, 0) is 13.1 Å². The quantitative estimate of drug-likeness (QED) is 0.597. The smallest absolute Gasteiger partial charge is 0.316 e. The van der Waals surface area contributed by atoms with Crippen LogP contribution < -0.4 is 0 Å². The summed E-state index contributed by atoms with van der Waals surface area (Å²) in [6, 6.07) is 8.19. The highest BCUT2D eigenvalue weighted by atomic mass is 35.5. The van der Waals surface area contributed by atoms with Gasteiger partial charge in [0, 0.05) is 20.1 Å².